The van der Waals surface area contributed by atoms with Crippen LogP contribution in [0.1, 0.15) is 5.56 Å². The lowest BCUT2D eigenvalue weighted by molar-refractivity contribution is -0.118. The number of rotatable bonds is 9. The SMILES string of the molecule is C=CCn1c(SCC(=O)NCCc2ccccc2)nc2scc(-c3cccs3)c2c1=O. The Bertz CT molecular complexity index is 1240. The third-order valence-electron chi connectivity index (χ3n) is 4.67. The Morgan fingerprint density at radius 1 is 1.19 bits per heavy atom. The Morgan fingerprint density at radius 3 is 2.77 bits per heavy atom. The molecule has 0 radical (unpaired) electrons. The zero-order valence-corrected chi connectivity index (χ0v) is 19.2. The summed E-state index contributed by atoms with van der Waals surface area (Å²) < 4.78 is 1.60. The molecule has 0 atom stereocenters. The average Bonchev–Trinajstić information content (AvgIpc) is 3.45. The van der Waals surface area contributed by atoms with Crippen LogP contribution < -0.4 is 10.9 Å². The monoisotopic (exact) mass is 467 g/mol. The number of nitrogens with zero attached hydrogens (tertiary/aromatic N) is 2. The minimum Gasteiger partial charge on any atom is -0.355 e. The second-order valence-electron chi connectivity index (χ2n) is 6.78. The molecule has 5 nitrogen and oxygen atoms in total. The number of allylic oxidation sites excluding steroid dienone is 1. The van der Waals surface area contributed by atoms with E-state index in [4.69, 9.17) is 4.98 Å². The van der Waals surface area contributed by atoms with Gasteiger partial charge in [-0.1, -0.05) is 54.2 Å². The largest absolute Gasteiger partial charge is 0.355 e. The fraction of sp³-hybridized carbons (Fsp3) is 0.174. The summed E-state index contributed by atoms with van der Waals surface area (Å²) in [6, 6.07) is 14.0. The zero-order valence-electron chi connectivity index (χ0n) is 16.7. The van der Waals surface area contributed by atoms with E-state index >= 15 is 0 Å². The Labute approximate surface area is 192 Å². The first kappa shape index (κ1) is 21.5. The van der Waals surface area contributed by atoms with E-state index in [0.29, 0.717) is 28.5 Å². The molecule has 4 aromatic rings. The highest BCUT2D eigenvalue weighted by molar-refractivity contribution is 7.99. The van der Waals surface area contributed by atoms with Crippen LogP contribution >= 0.6 is 34.4 Å². The Hall–Kier alpha value is -2.68. The Morgan fingerprint density at radius 2 is 2.03 bits per heavy atom. The highest BCUT2D eigenvalue weighted by Gasteiger charge is 2.18. The molecule has 0 saturated heterocycles. The van der Waals surface area contributed by atoms with Gasteiger partial charge >= 0.3 is 0 Å². The molecule has 3 heterocycles. The third kappa shape index (κ3) is 4.98. The van der Waals surface area contributed by atoms with Gasteiger partial charge in [-0.15, -0.1) is 29.3 Å². The molecule has 0 unspecified atom stereocenters. The third-order valence-corrected chi connectivity index (χ3v) is 7.42. The number of carbonyl (C=O) groups excluding carboxylic acids is 1. The first-order valence-electron chi connectivity index (χ1n) is 9.77. The van der Waals surface area contributed by atoms with Crippen molar-refractivity contribution >= 4 is 50.6 Å². The van der Waals surface area contributed by atoms with Crippen molar-refractivity contribution in [1.29, 1.82) is 0 Å². The van der Waals surface area contributed by atoms with Gasteiger partial charge in [-0.05, 0) is 23.4 Å². The van der Waals surface area contributed by atoms with Gasteiger partial charge in [0.25, 0.3) is 5.56 Å². The quantitative estimate of drug-likeness (QED) is 0.218. The van der Waals surface area contributed by atoms with Crippen LogP contribution in [0.25, 0.3) is 20.7 Å². The molecule has 0 saturated carbocycles. The molecular formula is C23H21N3O2S3. The maximum absolute atomic E-state index is 13.3. The van der Waals surface area contributed by atoms with Crippen LogP contribution in [-0.2, 0) is 17.8 Å². The topological polar surface area (TPSA) is 64.0 Å². The lowest BCUT2D eigenvalue weighted by Crippen LogP contribution is -2.28. The molecule has 0 aliphatic heterocycles. The predicted octanol–water partition coefficient (Wildman–Crippen LogP) is 4.82. The van der Waals surface area contributed by atoms with E-state index in [-0.39, 0.29) is 17.2 Å². The number of carbonyl (C=O) groups is 1. The summed E-state index contributed by atoms with van der Waals surface area (Å²) in [5.41, 5.74) is 2.00. The summed E-state index contributed by atoms with van der Waals surface area (Å²) in [7, 11) is 0. The van der Waals surface area contributed by atoms with Crippen LogP contribution in [0.2, 0.25) is 0 Å². The molecule has 0 fully saturated rings. The number of amides is 1. The maximum Gasteiger partial charge on any atom is 0.263 e. The summed E-state index contributed by atoms with van der Waals surface area (Å²) in [5, 5.41) is 8.08. The number of thiophene rings is 2. The van der Waals surface area contributed by atoms with Crippen LogP contribution in [0.5, 0.6) is 0 Å². The summed E-state index contributed by atoms with van der Waals surface area (Å²) in [4.78, 5) is 32.0. The zero-order chi connectivity index (χ0) is 21.6. The number of nitrogens with one attached hydrogen (secondary N) is 1. The van der Waals surface area contributed by atoms with E-state index in [1.165, 1.54) is 28.7 Å². The molecule has 8 heteroatoms. The molecule has 31 heavy (non-hydrogen) atoms. The molecule has 1 aromatic carbocycles. The molecule has 1 N–H and O–H groups in total. The number of fused-ring (bicyclic) bond motifs is 1. The maximum atomic E-state index is 13.3. The number of hydrogen-bond acceptors (Lipinski definition) is 6. The van der Waals surface area contributed by atoms with Crippen LogP contribution in [-0.4, -0.2) is 27.8 Å². The molecule has 4 rings (SSSR count). The van der Waals surface area contributed by atoms with Gasteiger partial charge in [0, 0.05) is 28.9 Å². The first-order chi connectivity index (χ1) is 15.2. The van der Waals surface area contributed by atoms with E-state index in [1.807, 2.05) is 53.2 Å². The van der Waals surface area contributed by atoms with Gasteiger partial charge in [-0.3, -0.25) is 14.2 Å². The standard InChI is InChI=1S/C23H21N3O2S3/c1-2-12-26-22(28)20-17(18-9-6-13-29-18)14-30-21(20)25-23(26)31-15-19(27)24-11-10-16-7-4-3-5-8-16/h2-9,13-14H,1,10-12,15H2,(H,24,27). The number of aromatic nitrogens is 2. The number of benzene rings is 1. The van der Waals surface area contributed by atoms with Crippen LogP contribution in [0.3, 0.4) is 0 Å². The molecule has 0 bridgehead atoms. The summed E-state index contributed by atoms with van der Waals surface area (Å²) in [5.74, 6) is 0.124. The van der Waals surface area contributed by atoms with Gasteiger partial charge in [0.1, 0.15) is 4.83 Å². The smallest absolute Gasteiger partial charge is 0.263 e. The molecule has 158 valence electrons. The molecule has 3 aromatic heterocycles. The van der Waals surface area contributed by atoms with Gasteiger partial charge in [-0.2, -0.15) is 0 Å². The molecular weight excluding hydrogens is 446 g/mol. The van der Waals surface area contributed by atoms with Gasteiger partial charge in [0.2, 0.25) is 5.91 Å². The minimum absolute atomic E-state index is 0.0779. The van der Waals surface area contributed by atoms with Crippen molar-refractivity contribution in [2.45, 2.75) is 18.1 Å². The van der Waals surface area contributed by atoms with Crippen molar-refractivity contribution in [2.75, 3.05) is 12.3 Å². The van der Waals surface area contributed by atoms with Crippen molar-refractivity contribution < 1.29 is 4.79 Å². The van der Waals surface area contributed by atoms with Crippen LogP contribution in [0.15, 0.2) is 75.8 Å². The van der Waals surface area contributed by atoms with E-state index in [0.717, 1.165) is 16.9 Å². The average molecular weight is 468 g/mol. The summed E-state index contributed by atoms with van der Waals surface area (Å²) in [6.07, 6.45) is 2.46. The molecule has 0 aliphatic rings. The normalized spacial score (nSPS) is 11.0. The van der Waals surface area contributed by atoms with Crippen molar-refractivity contribution in [1.82, 2.24) is 14.9 Å². The van der Waals surface area contributed by atoms with Gasteiger partial charge in [-0.25, -0.2) is 4.98 Å². The highest BCUT2D eigenvalue weighted by Crippen LogP contribution is 2.34. The fourth-order valence-electron chi connectivity index (χ4n) is 3.19. The minimum atomic E-state index is -0.0958. The van der Waals surface area contributed by atoms with E-state index < -0.39 is 0 Å². The first-order valence-corrected chi connectivity index (χ1v) is 12.5. The van der Waals surface area contributed by atoms with Gasteiger partial charge in [0.05, 0.1) is 11.1 Å². The number of thioether (sulfide) groups is 1. The summed E-state index contributed by atoms with van der Waals surface area (Å²) >= 11 is 4.33. The van der Waals surface area contributed by atoms with Crippen molar-refractivity contribution in [3.05, 3.63) is 81.8 Å². The van der Waals surface area contributed by atoms with E-state index in [2.05, 4.69) is 11.9 Å². The second-order valence-corrected chi connectivity index (χ2v) is 9.53. The molecule has 1 amide bonds. The van der Waals surface area contributed by atoms with Gasteiger partial charge < -0.3 is 5.32 Å². The van der Waals surface area contributed by atoms with E-state index in [1.54, 1.807) is 22.0 Å². The van der Waals surface area contributed by atoms with Crippen molar-refractivity contribution in [2.24, 2.45) is 0 Å². The summed E-state index contributed by atoms with van der Waals surface area (Å²) in [6.45, 7) is 4.69. The second kappa shape index (κ2) is 10.1. The molecule has 0 spiro atoms. The Balaban J connectivity index is 1.49. The lowest BCUT2D eigenvalue weighted by Gasteiger charge is -2.11. The fourth-order valence-corrected chi connectivity index (χ4v) is 5.83. The van der Waals surface area contributed by atoms with Gasteiger partial charge in [0.15, 0.2) is 5.16 Å². The lowest BCUT2D eigenvalue weighted by atomic mass is 10.1. The van der Waals surface area contributed by atoms with Crippen molar-refractivity contribution in [3.8, 4) is 10.4 Å². The highest BCUT2D eigenvalue weighted by atomic mass is 32.2. The van der Waals surface area contributed by atoms with E-state index in [9.17, 15) is 9.59 Å². The van der Waals surface area contributed by atoms with Crippen molar-refractivity contribution in [3.63, 3.8) is 0 Å². The van der Waals surface area contributed by atoms with Crippen LogP contribution in [0, 0.1) is 0 Å². The Kier molecular flexibility index (Phi) is 7.01. The predicted molar refractivity (Wildman–Crippen MR) is 131 cm³/mol. The van der Waals surface area contributed by atoms with Crippen LogP contribution in [0.4, 0.5) is 0 Å². The molecule has 0 aliphatic carbocycles. The number of hydrogen-bond donors (Lipinski definition) is 1.